The van der Waals surface area contributed by atoms with Gasteiger partial charge in [-0.1, -0.05) is 46.9 Å². The normalized spacial score (nSPS) is 24.7. The summed E-state index contributed by atoms with van der Waals surface area (Å²) in [5, 5.41) is -0.339. The lowest BCUT2D eigenvalue weighted by Crippen LogP contribution is -2.69. The number of hydrogen-bond acceptors (Lipinski definition) is 6. The number of hydrogen-bond donors (Lipinski definition) is 0. The van der Waals surface area contributed by atoms with Crippen molar-refractivity contribution in [2.24, 2.45) is 0 Å². The number of sulfonamides is 2. The van der Waals surface area contributed by atoms with Crippen LogP contribution < -0.4 is 0 Å². The highest BCUT2D eigenvalue weighted by Crippen LogP contribution is 2.50. The number of piperidine rings is 2. The molecule has 0 N–H and O–H groups in total. The second-order valence-electron chi connectivity index (χ2n) is 13.2. The van der Waals surface area contributed by atoms with Gasteiger partial charge in [0.25, 0.3) is 0 Å². The second-order valence-corrected chi connectivity index (χ2v) is 18.9. The van der Waals surface area contributed by atoms with Crippen LogP contribution in [0.4, 0.5) is 18.0 Å². The summed E-state index contributed by atoms with van der Waals surface area (Å²) in [5.41, 5.74) is 1.73. The Morgan fingerprint density at radius 3 is 2.00 bits per heavy atom. The van der Waals surface area contributed by atoms with Gasteiger partial charge >= 0.3 is 12.3 Å². The van der Waals surface area contributed by atoms with Crippen molar-refractivity contribution < 1.29 is 44.0 Å². The van der Waals surface area contributed by atoms with E-state index in [9.17, 15) is 34.8 Å². The molecule has 272 valence electrons. The van der Waals surface area contributed by atoms with Gasteiger partial charge in [0, 0.05) is 58.3 Å². The SMILES string of the molecule is Cc1ccc(S(=O)(=O)N2CCC([N+]3(C4CCN(S(=O)(=O)c5cc(C(F)(F)F)ccc5Cl)CC4)C(=O)OCC4=C3C=CCC4(Cl)Cl)CC2)cc1C. The Balaban J connectivity index is 1.32. The number of alkyl halides is 5. The molecule has 3 aliphatic heterocycles. The first-order valence-corrected chi connectivity index (χ1v) is 20.1. The Morgan fingerprint density at radius 1 is 0.860 bits per heavy atom. The number of aryl methyl sites for hydroxylation is 2. The molecule has 2 aromatic carbocycles. The fourth-order valence-electron chi connectivity index (χ4n) is 7.60. The summed E-state index contributed by atoms with van der Waals surface area (Å²) < 4.78 is 102. The molecule has 0 bridgehead atoms. The van der Waals surface area contributed by atoms with Crippen LogP contribution in [0.2, 0.25) is 5.02 Å². The van der Waals surface area contributed by atoms with E-state index in [1.54, 1.807) is 24.3 Å². The van der Waals surface area contributed by atoms with Crippen LogP contribution in [0.3, 0.4) is 0 Å². The second kappa shape index (κ2) is 13.4. The molecule has 2 saturated heterocycles. The first kappa shape index (κ1) is 37.6. The highest BCUT2D eigenvalue weighted by molar-refractivity contribution is 7.89. The van der Waals surface area contributed by atoms with Crippen LogP contribution in [0.25, 0.3) is 0 Å². The van der Waals surface area contributed by atoms with Gasteiger partial charge in [-0.15, -0.1) is 0 Å². The van der Waals surface area contributed by atoms with Crippen LogP contribution in [0.15, 0.2) is 69.6 Å². The zero-order chi connectivity index (χ0) is 36.4. The zero-order valence-corrected chi connectivity index (χ0v) is 31.1. The number of amides is 1. The average molecular weight is 798 g/mol. The highest BCUT2D eigenvalue weighted by Gasteiger charge is 2.61. The quantitative estimate of drug-likeness (QED) is 0.224. The number of quaternary nitrogens is 1. The molecule has 0 radical (unpaired) electrons. The summed E-state index contributed by atoms with van der Waals surface area (Å²) in [7, 11) is -8.28. The van der Waals surface area contributed by atoms with Crippen molar-refractivity contribution in [2.75, 3.05) is 32.8 Å². The number of benzene rings is 2. The molecule has 17 heteroatoms. The monoisotopic (exact) mass is 796 g/mol. The molecule has 3 heterocycles. The third-order valence-corrected chi connectivity index (χ3v) is 15.5. The Kier molecular flexibility index (Phi) is 10.0. The largest absolute Gasteiger partial charge is 0.522 e. The van der Waals surface area contributed by atoms with E-state index in [1.807, 2.05) is 19.9 Å². The molecule has 9 nitrogen and oxygen atoms in total. The van der Waals surface area contributed by atoms with Crippen LogP contribution in [-0.4, -0.2) is 85.2 Å². The summed E-state index contributed by atoms with van der Waals surface area (Å²) in [6.07, 6.45) is -0.672. The molecule has 50 heavy (non-hydrogen) atoms. The number of carbonyl (C=O) groups is 1. The van der Waals surface area contributed by atoms with Gasteiger partial charge in [-0.3, -0.25) is 0 Å². The molecule has 0 spiro atoms. The predicted molar refractivity (Wildman–Crippen MR) is 183 cm³/mol. The van der Waals surface area contributed by atoms with Crippen molar-refractivity contribution in [3.8, 4) is 0 Å². The van der Waals surface area contributed by atoms with Crippen molar-refractivity contribution in [3.05, 3.63) is 81.5 Å². The Bertz CT molecular complexity index is 1990. The van der Waals surface area contributed by atoms with Gasteiger partial charge in [0.15, 0.2) is 4.33 Å². The third kappa shape index (κ3) is 6.41. The number of cyclic esters (lactones) is 1. The Hall–Kier alpha value is -2.17. The third-order valence-electron chi connectivity index (χ3n) is 10.4. The number of halogens is 6. The molecule has 2 aromatic rings. The lowest BCUT2D eigenvalue weighted by atomic mass is 9.88. The lowest BCUT2D eigenvalue weighted by molar-refractivity contribution is -0.874. The van der Waals surface area contributed by atoms with Crippen molar-refractivity contribution in [1.29, 1.82) is 0 Å². The van der Waals surface area contributed by atoms with E-state index < -0.39 is 59.2 Å². The predicted octanol–water partition coefficient (Wildman–Crippen LogP) is 7.34. The number of rotatable bonds is 6. The van der Waals surface area contributed by atoms with E-state index in [0.29, 0.717) is 17.3 Å². The molecule has 1 atom stereocenters. The van der Waals surface area contributed by atoms with Gasteiger partial charge < -0.3 is 4.74 Å². The average Bonchev–Trinajstić information content (AvgIpc) is 3.05. The van der Waals surface area contributed by atoms with Gasteiger partial charge in [-0.25, -0.2) is 16.8 Å². The van der Waals surface area contributed by atoms with Gasteiger partial charge in [0.1, 0.15) is 29.3 Å². The van der Waals surface area contributed by atoms with Crippen LogP contribution in [0, 0.1) is 13.8 Å². The van der Waals surface area contributed by atoms with E-state index in [2.05, 4.69) is 0 Å². The maximum atomic E-state index is 14.2. The Labute approximate surface area is 304 Å². The van der Waals surface area contributed by atoms with E-state index in [1.165, 1.54) is 4.31 Å². The number of ether oxygens (including phenoxy) is 1. The van der Waals surface area contributed by atoms with Gasteiger partial charge in [0.2, 0.25) is 20.0 Å². The minimum atomic E-state index is -4.78. The summed E-state index contributed by atoms with van der Waals surface area (Å²) in [6, 6.07) is 6.13. The fourth-order valence-corrected chi connectivity index (χ4v) is 11.6. The van der Waals surface area contributed by atoms with Crippen molar-refractivity contribution >= 4 is 60.9 Å². The summed E-state index contributed by atoms with van der Waals surface area (Å²) in [6.45, 7) is 3.61. The zero-order valence-electron chi connectivity index (χ0n) is 27.2. The summed E-state index contributed by atoms with van der Waals surface area (Å²) in [5.74, 6) is 0. The van der Waals surface area contributed by atoms with Crippen LogP contribution in [0.1, 0.15) is 48.8 Å². The van der Waals surface area contributed by atoms with E-state index in [0.717, 1.165) is 27.6 Å². The minimum absolute atomic E-state index is 0.119. The van der Waals surface area contributed by atoms with E-state index >= 15 is 0 Å². The van der Waals surface area contributed by atoms with Crippen LogP contribution in [-0.2, 0) is 31.0 Å². The molecule has 0 aromatic heterocycles. The number of allylic oxidation sites excluding steroid dienone is 2. The van der Waals surface area contributed by atoms with Gasteiger partial charge in [0.05, 0.1) is 21.1 Å². The maximum Gasteiger partial charge on any atom is 0.522 e. The highest BCUT2D eigenvalue weighted by atomic mass is 35.5. The molecule has 2 fully saturated rings. The van der Waals surface area contributed by atoms with Crippen LogP contribution >= 0.6 is 34.8 Å². The van der Waals surface area contributed by atoms with E-state index in [-0.39, 0.29) is 79.3 Å². The molecule has 1 amide bonds. The smallest absolute Gasteiger partial charge is 0.415 e. The first-order chi connectivity index (χ1) is 23.3. The van der Waals surface area contributed by atoms with E-state index in [4.69, 9.17) is 39.5 Å². The topological polar surface area (TPSA) is 101 Å². The standard InChI is InChI=1S/C33H36Cl3F3N3O6S2/c1-21-5-7-26(18-22(21)2)49(44,45)40-14-9-24(10-15-40)42(29-4-3-13-32(35,36)27(29)20-48-31(42)43)25-11-16-41(17-12-25)50(46,47)30-19-23(33(37,38)39)6-8-28(30)34/h3-8,18-19,24-25H,9-17,20H2,1-2H3/q+1. The van der Waals surface area contributed by atoms with Crippen LogP contribution in [0.5, 0.6) is 0 Å². The molecule has 6 rings (SSSR count). The fraction of sp³-hybridized carbons (Fsp3) is 0.485. The van der Waals surface area contributed by atoms with Crippen molar-refractivity contribution in [1.82, 2.24) is 8.61 Å². The van der Waals surface area contributed by atoms with Gasteiger partial charge in [-0.05, 0) is 61.4 Å². The van der Waals surface area contributed by atoms with Crippen molar-refractivity contribution in [3.63, 3.8) is 0 Å². The molecular weight excluding hydrogens is 762 g/mol. The molecular formula is C33H36Cl3F3N3O6S2+. The summed E-state index contributed by atoms with van der Waals surface area (Å²) >= 11 is 19.7. The minimum Gasteiger partial charge on any atom is -0.415 e. The number of carbonyl (C=O) groups excluding carboxylic acids is 1. The Morgan fingerprint density at radius 2 is 1.44 bits per heavy atom. The van der Waals surface area contributed by atoms with Crippen molar-refractivity contribution in [2.45, 2.75) is 78.3 Å². The molecule has 1 aliphatic carbocycles. The molecule has 1 unspecified atom stereocenters. The maximum absolute atomic E-state index is 14.2. The van der Waals surface area contributed by atoms with Gasteiger partial charge in [-0.2, -0.15) is 31.1 Å². The molecule has 0 saturated carbocycles. The molecule has 4 aliphatic rings. The number of nitrogens with zero attached hydrogens (tertiary/aromatic N) is 3. The summed E-state index contributed by atoms with van der Waals surface area (Å²) in [4.78, 5) is 13.8. The first-order valence-electron chi connectivity index (χ1n) is 16.1. The lowest BCUT2D eigenvalue weighted by Gasteiger charge is -2.53.